The predicted octanol–water partition coefficient (Wildman–Crippen LogP) is 2.19. The third kappa shape index (κ3) is 2.90. The molecular formula is C14H16N4O2S2. The van der Waals surface area contributed by atoms with Gasteiger partial charge in [-0.1, -0.05) is 23.5 Å². The van der Waals surface area contributed by atoms with Gasteiger partial charge in [-0.15, -0.1) is 0 Å². The van der Waals surface area contributed by atoms with Crippen LogP contribution in [0.4, 0.5) is 0 Å². The summed E-state index contributed by atoms with van der Waals surface area (Å²) >= 11 is 1.47. The lowest BCUT2D eigenvalue weighted by Crippen LogP contribution is -2.24. The van der Waals surface area contributed by atoms with Gasteiger partial charge in [0, 0.05) is 0 Å². The van der Waals surface area contributed by atoms with Crippen molar-refractivity contribution in [1.29, 1.82) is 0 Å². The van der Waals surface area contributed by atoms with E-state index >= 15 is 0 Å². The van der Waals surface area contributed by atoms with Crippen LogP contribution < -0.4 is 4.72 Å². The highest BCUT2D eigenvalue weighted by molar-refractivity contribution is 7.89. The lowest BCUT2D eigenvalue weighted by molar-refractivity contribution is 0.580. The van der Waals surface area contributed by atoms with E-state index < -0.39 is 10.0 Å². The molecule has 1 N–H and O–H groups in total. The van der Waals surface area contributed by atoms with E-state index in [1.54, 1.807) is 23.7 Å². The molecule has 0 bridgehead atoms. The lowest BCUT2D eigenvalue weighted by atomic mass is 10.2. The number of imidazole rings is 1. The Kier molecular flexibility index (Phi) is 3.75. The summed E-state index contributed by atoms with van der Waals surface area (Å²) in [6, 6.07) is 5.38. The molecule has 0 fully saturated rings. The third-order valence-corrected chi connectivity index (χ3v) is 5.65. The van der Waals surface area contributed by atoms with Crippen LogP contribution >= 0.6 is 11.3 Å². The van der Waals surface area contributed by atoms with Crippen molar-refractivity contribution in [2.24, 2.45) is 0 Å². The molecule has 0 radical (unpaired) electrons. The van der Waals surface area contributed by atoms with Crippen molar-refractivity contribution < 1.29 is 8.42 Å². The van der Waals surface area contributed by atoms with Crippen LogP contribution in [-0.4, -0.2) is 23.0 Å². The van der Waals surface area contributed by atoms with Crippen molar-refractivity contribution in [3.63, 3.8) is 0 Å². The van der Waals surface area contributed by atoms with E-state index in [0.29, 0.717) is 10.6 Å². The van der Waals surface area contributed by atoms with Gasteiger partial charge in [0.25, 0.3) is 0 Å². The molecule has 0 spiro atoms. The molecule has 0 unspecified atom stereocenters. The summed E-state index contributed by atoms with van der Waals surface area (Å²) < 4.78 is 29.1. The molecule has 0 amide bonds. The highest BCUT2D eigenvalue weighted by Crippen LogP contribution is 2.18. The smallest absolute Gasteiger partial charge is 0.221 e. The van der Waals surface area contributed by atoms with Crippen molar-refractivity contribution in [2.75, 3.05) is 0 Å². The Bertz CT molecular complexity index is 910. The predicted molar refractivity (Wildman–Crippen MR) is 85.5 cm³/mol. The molecule has 0 saturated carbocycles. The van der Waals surface area contributed by atoms with Crippen LogP contribution in [-0.2, 0) is 16.6 Å². The third-order valence-electron chi connectivity index (χ3n) is 3.27. The summed E-state index contributed by atoms with van der Waals surface area (Å²) in [7, 11) is -3.56. The molecule has 2 aromatic heterocycles. The molecule has 0 aliphatic heterocycles. The lowest BCUT2D eigenvalue weighted by Gasteiger charge is -2.09. The van der Waals surface area contributed by atoms with E-state index in [4.69, 9.17) is 0 Å². The molecule has 2 heterocycles. The summed E-state index contributed by atoms with van der Waals surface area (Å²) in [5.41, 5.74) is 2.28. The minimum atomic E-state index is -3.56. The van der Waals surface area contributed by atoms with E-state index in [-0.39, 0.29) is 6.54 Å². The van der Waals surface area contributed by atoms with Crippen molar-refractivity contribution in [1.82, 2.24) is 19.3 Å². The van der Waals surface area contributed by atoms with Gasteiger partial charge in [-0.2, -0.15) is 5.10 Å². The largest absolute Gasteiger partial charge is 0.241 e. The van der Waals surface area contributed by atoms with Crippen LogP contribution in [0.3, 0.4) is 0 Å². The minimum Gasteiger partial charge on any atom is -0.221 e. The van der Waals surface area contributed by atoms with Crippen molar-refractivity contribution in [3.8, 4) is 0 Å². The topological polar surface area (TPSA) is 76.4 Å². The first-order valence-electron chi connectivity index (χ1n) is 6.74. The summed E-state index contributed by atoms with van der Waals surface area (Å²) in [6.45, 7) is 5.70. The molecule has 8 heteroatoms. The number of benzene rings is 1. The van der Waals surface area contributed by atoms with Crippen LogP contribution in [0, 0.1) is 20.8 Å². The van der Waals surface area contributed by atoms with E-state index in [0.717, 1.165) is 21.1 Å². The normalized spacial score (nSPS) is 12.1. The van der Waals surface area contributed by atoms with Gasteiger partial charge in [-0.3, -0.25) is 0 Å². The maximum atomic E-state index is 12.4. The Labute approximate surface area is 132 Å². The maximum Gasteiger partial charge on any atom is 0.241 e. The summed E-state index contributed by atoms with van der Waals surface area (Å²) in [6.07, 6.45) is 1.74. The zero-order valence-electron chi connectivity index (χ0n) is 12.5. The van der Waals surface area contributed by atoms with Crippen LogP contribution in [0.15, 0.2) is 29.3 Å². The highest BCUT2D eigenvalue weighted by Gasteiger charge is 2.17. The van der Waals surface area contributed by atoms with Crippen molar-refractivity contribution in [2.45, 2.75) is 32.2 Å². The molecule has 0 aliphatic carbocycles. The second-order valence-electron chi connectivity index (χ2n) is 5.17. The van der Waals surface area contributed by atoms with Gasteiger partial charge in [-0.05, 0) is 38.0 Å². The Morgan fingerprint density at radius 1 is 1.27 bits per heavy atom. The fraction of sp³-hybridized carbons (Fsp3) is 0.286. The van der Waals surface area contributed by atoms with Gasteiger partial charge >= 0.3 is 0 Å². The fourth-order valence-electron chi connectivity index (χ4n) is 2.17. The molecule has 6 nitrogen and oxygen atoms in total. The monoisotopic (exact) mass is 336 g/mol. The van der Waals surface area contributed by atoms with Gasteiger partial charge in [-0.25, -0.2) is 22.6 Å². The van der Waals surface area contributed by atoms with E-state index in [1.807, 2.05) is 26.0 Å². The molecule has 3 rings (SSSR count). The van der Waals surface area contributed by atoms with Crippen LogP contribution in [0.5, 0.6) is 0 Å². The molecule has 3 aromatic rings. The van der Waals surface area contributed by atoms with Gasteiger partial charge < -0.3 is 0 Å². The molecular weight excluding hydrogens is 320 g/mol. The van der Waals surface area contributed by atoms with Crippen LogP contribution in [0.1, 0.15) is 21.8 Å². The Balaban J connectivity index is 1.82. The van der Waals surface area contributed by atoms with Gasteiger partial charge in [0.1, 0.15) is 5.01 Å². The Morgan fingerprint density at radius 3 is 2.77 bits per heavy atom. The number of hydrogen-bond acceptors (Lipinski definition) is 5. The van der Waals surface area contributed by atoms with E-state index in [9.17, 15) is 8.42 Å². The van der Waals surface area contributed by atoms with Gasteiger partial charge in [0.2, 0.25) is 15.0 Å². The summed E-state index contributed by atoms with van der Waals surface area (Å²) in [5.74, 6) is 0. The molecule has 1 aromatic carbocycles. The second kappa shape index (κ2) is 5.45. The fourth-order valence-corrected chi connectivity index (χ4v) is 4.24. The number of hydrogen-bond donors (Lipinski definition) is 1. The number of aromatic nitrogens is 3. The standard InChI is InChI=1S/C14H16N4O2S2/c1-9-4-5-10(2)13(6-9)22(19,20)15-7-12-8-18-14(16-12)21-11(3)17-18/h4-6,8,15H,7H2,1-3H3. The van der Waals surface area contributed by atoms with Crippen molar-refractivity contribution in [3.05, 3.63) is 46.2 Å². The maximum absolute atomic E-state index is 12.4. The minimum absolute atomic E-state index is 0.144. The van der Waals surface area contributed by atoms with Crippen LogP contribution in [0.2, 0.25) is 0 Å². The Hall–Kier alpha value is -1.77. The Morgan fingerprint density at radius 2 is 2.05 bits per heavy atom. The molecule has 0 aliphatic rings. The molecule has 22 heavy (non-hydrogen) atoms. The number of fused-ring (bicyclic) bond motifs is 1. The number of rotatable bonds is 4. The average Bonchev–Trinajstić information content (AvgIpc) is 2.96. The number of aryl methyl sites for hydroxylation is 3. The van der Waals surface area contributed by atoms with E-state index in [2.05, 4.69) is 14.8 Å². The zero-order chi connectivity index (χ0) is 15.9. The summed E-state index contributed by atoms with van der Waals surface area (Å²) in [5, 5.41) is 5.18. The van der Waals surface area contributed by atoms with Crippen molar-refractivity contribution >= 4 is 26.3 Å². The van der Waals surface area contributed by atoms with E-state index in [1.165, 1.54) is 11.3 Å². The molecule has 0 saturated heterocycles. The van der Waals surface area contributed by atoms with Gasteiger partial charge in [0.05, 0.1) is 23.3 Å². The first kappa shape index (κ1) is 15.1. The molecule has 116 valence electrons. The average molecular weight is 336 g/mol. The first-order valence-corrected chi connectivity index (χ1v) is 9.04. The second-order valence-corrected chi connectivity index (χ2v) is 8.07. The number of nitrogens with zero attached hydrogens (tertiary/aromatic N) is 3. The SMILES string of the molecule is Cc1ccc(C)c(S(=O)(=O)NCc2cn3nc(C)sc3n2)c1. The molecule has 0 atom stereocenters. The van der Waals surface area contributed by atoms with Gasteiger partial charge in [0.15, 0.2) is 0 Å². The highest BCUT2D eigenvalue weighted by atomic mass is 32.2. The zero-order valence-corrected chi connectivity index (χ0v) is 14.1. The first-order chi connectivity index (χ1) is 10.3. The quantitative estimate of drug-likeness (QED) is 0.792. The number of nitrogens with one attached hydrogen (secondary N) is 1. The summed E-state index contributed by atoms with van der Waals surface area (Å²) in [4.78, 5) is 5.43. The van der Waals surface area contributed by atoms with Crippen LogP contribution in [0.25, 0.3) is 4.96 Å². The number of sulfonamides is 1.